The highest BCUT2D eigenvalue weighted by Gasteiger charge is 2.27. The van der Waals surface area contributed by atoms with Crippen LogP contribution < -0.4 is 16.4 Å². The van der Waals surface area contributed by atoms with Gasteiger partial charge in [-0.05, 0) is 35.9 Å². The summed E-state index contributed by atoms with van der Waals surface area (Å²) in [6, 6.07) is 9.75. The first-order chi connectivity index (χ1) is 12.6. The van der Waals surface area contributed by atoms with Gasteiger partial charge >= 0.3 is 0 Å². The third-order valence-electron chi connectivity index (χ3n) is 4.87. The van der Waals surface area contributed by atoms with Crippen LogP contribution in [0.25, 0.3) is 0 Å². The van der Waals surface area contributed by atoms with Gasteiger partial charge in [0.05, 0.1) is 5.69 Å². The van der Waals surface area contributed by atoms with Gasteiger partial charge in [0, 0.05) is 12.6 Å². The molecule has 0 bridgehead atoms. The van der Waals surface area contributed by atoms with Gasteiger partial charge in [0.1, 0.15) is 4.88 Å². The summed E-state index contributed by atoms with van der Waals surface area (Å²) in [5.41, 5.74) is 7.30. The predicted molar refractivity (Wildman–Crippen MR) is 103 cm³/mol. The minimum atomic E-state index is -0.368. The van der Waals surface area contributed by atoms with E-state index in [-0.39, 0.29) is 29.2 Å². The molecule has 2 atom stereocenters. The zero-order valence-electron chi connectivity index (χ0n) is 14.8. The van der Waals surface area contributed by atoms with Crippen molar-refractivity contribution in [2.75, 3.05) is 5.73 Å². The molecule has 7 heteroatoms. The second-order valence-corrected chi connectivity index (χ2v) is 7.56. The zero-order chi connectivity index (χ0) is 18.5. The third-order valence-corrected chi connectivity index (χ3v) is 5.73. The topological polar surface area (TPSA) is 97.1 Å². The van der Waals surface area contributed by atoms with Crippen molar-refractivity contribution in [1.82, 2.24) is 15.0 Å². The SMILES string of the molecule is CC1CCCCC1NC(=O)c1snc(C(=O)NCc2ccccc2)c1N. The molecule has 4 N–H and O–H groups in total. The standard InChI is InChI=1S/C19H24N4O2S/c1-12-7-5-6-10-14(12)22-19(25)17-15(20)16(23-26-17)18(24)21-11-13-8-3-2-4-9-13/h2-4,8-9,12,14H,5-7,10-11,20H2,1H3,(H,21,24)(H,22,25). The summed E-state index contributed by atoms with van der Waals surface area (Å²) in [6.45, 7) is 2.54. The Morgan fingerprint density at radius 3 is 2.65 bits per heavy atom. The summed E-state index contributed by atoms with van der Waals surface area (Å²) in [5.74, 6) is -0.149. The van der Waals surface area contributed by atoms with Gasteiger partial charge < -0.3 is 16.4 Å². The molecule has 2 unspecified atom stereocenters. The highest BCUT2D eigenvalue weighted by atomic mass is 32.1. The van der Waals surface area contributed by atoms with Gasteiger partial charge in [0.25, 0.3) is 11.8 Å². The lowest BCUT2D eigenvalue weighted by Crippen LogP contribution is -2.41. The van der Waals surface area contributed by atoms with E-state index in [9.17, 15) is 9.59 Å². The Morgan fingerprint density at radius 2 is 1.92 bits per heavy atom. The first kappa shape index (κ1) is 18.4. The van der Waals surface area contributed by atoms with Crippen LogP contribution in [0.5, 0.6) is 0 Å². The lowest BCUT2D eigenvalue weighted by molar-refractivity contribution is 0.0915. The summed E-state index contributed by atoms with van der Waals surface area (Å²) < 4.78 is 4.10. The van der Waals surface area contributed by atoms with Gasteiger partial charge in [-0.15, -0.1) is 0 Å². The minimum Gasteiger partial charge on any atom is -0.395 e. The second kappa shape index (κ2) is 8.31. The molecule has 0 saturated heterocycles. The summed E-state index contributed by atoms with van der Waals surface area (Å²) in [7, 11) is 0. The second-order valence-electron chi connectivity index (χ2n) is 6.78. The molecule has 2 aromatic rings. The molecule has 1 saturated carbocycles. The largest absolute Gasteiger partial charge is 0.395 e. The molecule has 26 heavy (non-hydrogen) atoms. The van der Waals surface area contributed by atoms with Crippen LogP contribution in [-0.4, -0.2) is 22.2 Å². The van der Waals surface area contributed by atoms with Crippen molar-refractivity contribution in [3.63, 3.8) is 0 Å². The van der Waals surface area contributed by atoms with Crippen molar-refractivity contribution in [1.29, 1.82) is 0 Å². The van der Waals surface area contributed by atoms with Gasteiger partial charge in [0.2, 0.25) is 0 Å². The van der Waals surface area contributed by atoms with E-state index >= 15 is 0 Å². The number of carbonyl (C=O) groups excluding carboxylic acids is 2. The van der Waals surface area contributed by atoms with Crippen molar-refractivity contribution in [2.24, 2.45) is 5.92 Å². The molecule has 3 rings (SSSR count). The fourth-order valence-electron chi connectivity index (χ4n) is 3.25. The highest BCUT2D eigenvalue weighted by molar-refractivity contribution is 7.09. The van der Waals surface area contributed by atoms with Crippen molar-refractivity contribution in [3.8, 4) is 0 Å². The highest BCUT2D eigenvalue weighted by Crippen LogP contribution is 2.26. The number of benzene rings is 1. The Labute approximate surface area is 157 Å². The Bertz CT molecular complexity index is 775. The fraction of sp³-hybridized carbons (Fsp3) is 0.421. The molecule has 138 valence electrons. The number of amides is 2. The van der Waals surface area contributed by atoms with E-state index in [1.54, 1.807) is 0 Å². The monoisotopic (exact) mass is 372 g/mol. The molecular formula is C19H24N4O2S. The molecule has 1 aliphatic rings. The van der Waals surface area contributed by atoms with E-state index in [4.69, 9.17) is 5.73 Å². The molecule has 0 aliphatic heterocycles. The Kier molecular flexibility index (Phi) is 5.88. The number of nitrogens with two attached hydrogens (primary N) is 1. The van der Waals surface area contributed by atoms with Crippen LogP contribution in [0.2, 0.25) is 0 Å². The Hall–Kier alpha value is -2.41. The summed E-state index contributed by atoms with van der Waals surface area (Å²) in [4.78, 5) is 25.2. The van der Waals surface area contributed by atoms with Crippen LogP contribution in [0.4, 0.5) is 5.69 Å². The molecule has 0 spiro atoms. The van der Waals surface area contributed by atoms with Crippen molar-refractivity contribution in [2.45, 2.75) is 45.2 Å². The lowest BCUT2D eigenvalue weighted by Gasteiger charge is -2.29. The molecule has 2 amide bonds. The van der Waals surface area contributed by atoms with Crippen LogP contribution in [0.1, 0.15) is 58.3 Å². The van der Waals surface area contributed by atoms with E-state index in [0.717, 1.165) is 36.4 Å². The summed E-state index contributed by atoms with van der Waals surface area (Å²) >= 11 is 0.976. The van der Waals surface area contributed by atoms with E-state index in [1.165, 1.54) is 6.42 Å². The van der Waals surface area contributed by atoms with Gasteiger partial charge in [-0.25, -0.2) is 0 Å². The van der Waals surface area contributed by atoms with E-state index < -0.39 is 0 Å². The molecule has 1 aromatic heterocycles. The molecule has 1 aromatic carbocycles. The Balaban J connectivity index is 1.63. The maximum absolute atomic E-state index is 12.5. The van der Waals surface area contributed by atoms with Gasteiger partial charge in [-0.1, -0.05) is 50.1 Å². The smallest absolute Gasteiger partial charge is 0.273 e. The minimum absolute atomic E-state index is 0.118. The Morgan fingerprint density at radius 1 is 1.19 bits per heavy atom. The average Bonchev–Trinajstić information content (AvgIpc) is 3.04. The van der Waals surface area contributed by atoms with Crippen LogP contribution in [-0.2, 0) is 6.54 Å². The maximum Gasteiger partial charge on any atom is 0.273 e. The number of nitrogens with one attached hydrogen (secondary N) is 2. The van der Waals surface area contributed by atoms with Gasteiger partial charge in [-0.3, -0.25) is 9.59 Å². The summed E-state index contributed by atoms with van der Waals surface area (Å²) in [6.07, 6.45) is 4.44. The average molecular weight is 372 g/mol. The van der Waals surface area contributed by atoms with E-state index in [0.29, 0.717) is 17.3 Å². The summed E-state index contributed by atoms with van der Waals surface area (Å²) in [5, 5.41) is 5.85. The first-order valence-electron chi connectivity index (χ1n) is 8.94. The normalized spacial score (nSPS) is 19.7. The maximum atomic E-state index is 12.5. The van der Waals surface area contributed by atoms with Crippen LogP contribution >= 0.6 is 11.5 Å². The number of rotatable bonds is 5. The van der Waals surface area contributed by atoms with Crippen LogP contribution in [0, 0.1) is 5.92 Å². The third kappa shape index (κ3) is 4.22. The first-order valence-corrected chi connectivity index (χ1v) is 9.71. The number of nitrogen functional groups attached to an aromatic ring is 1. The van der Waals surface area contributed by atoms with Crippen molar-refractivity contribution < 1.29 is 9.59 Å². The lowest BCUT2D eigenvalue weighted by atomic mass is 9.86. The van der Waals surface area contributed by atoms with Crippen molar-refractivity contribution in [3.05, 3.63) is 46.5 Å². The molecule has 6 nitrogen and oxygen atoms in total. The molecule has 0 radical (unpaired) electrons. The predicted octanol–water partition coefficient (Wildman–Crippen LogP) is 2.96. The number of hydrogen-bond donors (Lipinski definition) is 3. The van der Waals surface area contributed by atoms with E-state index in [1.807, 2.05) is 30.3 Å². The van der Waals surface area contributed by atoms with Crippen LogP contribution in [0.3, 0.4) is 0 Å². The number of anilines is 1. The molecule has 1 aliphatic carbocycles. The molecular weight excluding hydrogens is 348 g/mol. The number of carbonyl (C=O) groups is 2. The fourth-order valence-corrected chi connectivity index (χ4v) is 3.95. The van der Waals surface area contributed by atoms with Gasteiger partial charge in [-0.2, -0.15) is 4.37 Å². The van der Waals surface area contributed by atoms with E-state index in [2.05, 4.69) is 21.9 Å². The molecule has 1 heterocycles. The van der Waals surface area contributed by atoms with Gasteiger partial charge in [0.15, 0.2) is 5.69 Å². The quantitative estimate of drug-likeness (QED) is 0.752. The number of hydrogen-bond acceptors (Lipinski definition) is 5. The number of aromatic nitrogens is 1. The van der Waals surface area contributed by atoms with Crippen molar-refractivity contribution >= 4 is 29.0 Å². The number of nitrogens with zero attached hydrogens (tertiary/aromatic N) is 1. The molecule has 1 fully saturated rings. The zero-order valence-corrected chi connectivity index (χ0v) is 15.6. The van der Waals surface area contributed by atoms with Crippen LogP contribution in [0.15, 0.2) is 30.3 Å².